The van der Waals surface area contributed by atoms with Gasteiger partial charge in [-0.3, -0.25) is 0 Å². The number of benzene rings is 1. The van der Waals surface area contributed by atoms with E-state index in [1.165, 1.54) is 18.2 Å². The van der Waals surface area contributed by atoms with Gasteiger partial charge in [0.05, 0.1) is 0 Å². The van der Waals surface area contributed by atoms with Gasteiger partial charge in [-0.1, -0.05) is 19.9 Å². The van der Waals surface area contributed by atoms with Gasteiger partial charge in [0.1, 0.15) is 11.6 Å². The first-order valence-electron chi connectivity index (χ1n) is 6.24. The smallest absolute Gasteiger partial charge is 0.129 e. The second-order valence-electron chi connectivity index (χ2n) is 5.15. The maximum Gasteiger partial charge on any atom is 0.129 e. The third kappa shape index (κ3) is 2.34. The molecule has 0 aliphatic heterocycles. The summed E-state index contributed by atoms with van der Waals surface area (Å²) in [4.78, 5) is 0. The van der Waals surface area contributed by atoms with Crippen molar-refractivity contribution < 1.29 is 8.78 Å². The van der Waals surface area contributed by atoms with Crippen molar-refractivity contribution in [1.29, 1.82) is 0 Å². The van der Waals surface area contributed by atoms with Gasteiger partial charge in [0, 0.05) is 11.6 Å². The first-order chi connectivity index (χ1) is 8.07. The summed E-state index contributed by atoms with van der Waals surface area (Å²) in [7, 11) is 0. The molecule has 0 amide bonds. The lowest BCUT2D eigenvalue weighted by Gasteiger charge is -2.26. The summed E-state index contributed by atoms with van der Waals surface area (Å²) in [6, 6.07) is 4.51. The SMILES string of the molecule is CCNC1CCC(C)(c2c(F)cccc2F)C1. The Morgan fingerprint density at radius 1 is 1.35 bits per heavy atom. The Balaban J connectivity index is 2.28. The zero-order valence-electron chi connectivity index (χ0n) is 10.4. The second-order valence-corrected chi connectivity index (χ2v) is 5.15. The van der Waals surface area contributed by atoms with E-state index in [9.17, 15) is 8.78 Å². The normalized spacial score (nSPS) is 28.6. The molecule has 1 aromatic rings. The number of halogens is 2. The van der Waals surface area contributed by atoms with Crippen molar-refractivity contribution in [3.8, 4) is 0 Å². The molecule has 2 rings (SSSR count). The summed E-state index contributed by atoms with van der Waals surface area (Å²) in [6.07, 6.45) is 2.62. The van der Waals surface area contributed by atoms with Crippen molar-refractivity contribution in [2.75, 3.05) is 6.54 Å². The molecular formula is C14H19F2N. The molecule has 3 heteroatoms. The predicted molar refractivity (Wildman–Crippen MR) is 65.0 cm³/mol. The minimum Gasteiger partial charge on any atom is -0.314 e. The molecule has 1 aliphatic rings. The van der Waals surface area contributed by atoms with Crippen LogP contribution in [0.5, 0.6) is 0 Å². The average Bonchev–Trinajstić information content (AvgIpc) is 2.61. The van der Waals surface area contributed by atoms with Crippen LogP contribution in [0.25, 0.3) is 0 Å². The van der Waals surface area contributed by atoms with E-state index in [-0.39, 0.29) is 11.0 Å². The molecule has 1 aromatic carbocycles. The molecular weight excluding hydrogens is 220 g/mol. The van der Waals surface area contributed by atoms with Crippen LogP contribution in [0.1, 0.15) is 38.7 Å². The molecule has 1 fully saturated rings. The van der Waals surface area contributed by atoms with Gasteiger partial charge >= 0.3 is 0 Å². The Hall–Kier alpha value is -0.960. The maximum atomic E-state index is 13.8. The Morgan fingerprint density at radius 3 is 2.59 bits per heavy atom. The van der Waals surface area contributed by atoms with Crippen LogP contribution in [0.2, 0.25) is 0 Å². The van der Waals surface area contributed by atoms with Gasteiger partial charge in [0.15, 0.2) is 0 Å². The van der Waals surface area contributed by atoms with Crippen molar-refractivity contribution in [2.24, 2.45) is 0 Å². The standard InChI is InChI=1S/C14H19F2N/c1-3-17-10-7-8-14(2,9-10)13-11(15)5-4-6-12(13)16/h4-6,10,17H,3,7-9H2,1-2H3. The fraction of sp³-hybridized carbons (Fsp3) is 0.571. The van der Waals surface area contributed by atoms with Gasteiger partial charge in [-0.05, 0) is 43.4 Å². The fourth-order valence-corrected chi connectivity index (χ4v) is 3.01. The van der Waals surface area contributed by atoms with E-state index in [4.69, 9.17) is 0 Å². The second kappa shape index (κ2) is 4.73. The van der Waals surface area contributed by atoms with Crippen LogP contribution in [-0.4, -0.2) is 12.6 Å². The van der Waals surface area contributed by atoms with Crippen LogP contribution in [0.15, 0.2) is 18.2 Å². The highest BCUT2D eigenvalue weighted by molar-refractivity contribution is 5.29. The van der Waals surface area contributed by atoms with Crippen LogP contribution in [-0.2, 0) is 5.41 Å². The molecule has 1 aliphatic carbocycles. The molecule has 0 bridgehead atoms. The molecule has 0 saturated heterocycles. The van der Waals surface area contributed by atoms with Gasteiger partial charge in [-0.25, -0.2) is 8.78 Å². The molecule has 0 radical (unpaired) electrons. The summed E-state index contributed by atoms with van der Waals surface area (Å²) in [6.45, 7) is 4.92. The van der Waals surface area contributed by atoms with Gasteiger partial charge in [-0.15, -0.1) is 0 Å². The molecule has 1 nitrogen and oxygen atoms in total. The van der Waals surface area contributed by atoms with Gasteiger partial charge in [0.25, 0.3) is 0 Å². The maximum absolute atomic E-state index is 13.8. The molecule has 0 aromatic heterocycles. The zero-order chi connectivity index (χ0) is 12.5. The first-order valence-corrected chi connectivity index (χ1v) is 6.24. The monoisotopic (exact) mass is 239 g/mol. The minimum absolute atomic E-state index is 0.264. The number of hydrogen-bond acceptors (Lipinski definition) is 1. The van der Waals surface area contributed by atoms with E-state index < -0.39 is 11.6 Å². The van der Waals surface area contributed by atoms with E-state index >= 15 is 0 Å². The van der Waals surface area contributed by atoms with Crippen molar-refractivity contribution in [2.45, 2.75) is 44.6 Å². The lowest BCUT2D eigenvalue weighted by molar-refractivity contribution is 0.410. The van der Waals surface area contributed by atoms with E-state index in [1.807, 2.05) is 6.92 Å². The van der Waals surface area contributed by atoms with Crippen LogP contribution in [0.3, 0.4) is 0 Å². The van der Waals surface area contributed by atoms with Crippen molar-refractivity contribution >= 4 is 0 Å². The van der Waals surface area contributed by atoms with Crippen LogP contribution < -0.4 is 5.32 Å². The van der Waals surface area contributed by atoms with E-state index in [0.717, 1.165) is 25.8 Å². The van der Waals surface area contributed by atoms with Crippen molar-refractivity contribution in [3.63, 3.8) is 0 Å². The summed E-state index contributed by atoms with van der Waals surface area (Å²) in [5.74, 6) is -0.825. The van der Waals surface area contributed by atoms with E-state index in [0.29, 0.717) is 6.04 Å². The largest absolute Gasteiger partial charge is 0.314 e. The number of nitrogens with one attached hydrogen (secondary N) is 1. The Bertz CT molecular complexity index is 385. The molecule has 17 heavy (non-hydrogen) atoms. The molecule has 0 spiro atoms. The number of hydrogen-bond donors (Lipinski definition) is 1. The molecule has 94 valence electrons. The molecule has 2 unspecified atom stereocenters. The summed E-state index contributed by atoms with van der Waals surface area (Å²) in [5.41, 5.74) is -0.108. The highest BCUT2D eigenvalue weighted by Gasteiger charge is 2.39. The van der Waals surface area contributed by atoms with Gasteiger partial charge in [-0.2, -0.15) is 0 Å². The summed E-state index contributed by atoms with van der Waals surface area (Å²) < 4.78 is 27.6. The van der Waals surface area contributed by atoms with Crippen LogP contribution >= 0.6 is 0 Å². The van der Waals surface area contributed by atoms with E-state index in [1.54, 1.807) is 0 Å². The predicted octanol–water partition coefficient (Wildman–Crippen LogP) is 3.38. The summed E-state index contributed by atoms with van der Waals surface area (Å²) >= 11 is 0. The molecule has 1 saturated carbocycles. The molecule has 2 atom stereocenters. The van der Waals surface area contributed by atoms with Crippen molar-refractivity contribution in [3.05, 3.63) is 35.4 Å². The lowest BCUT2D eigenvalue weighted by atomic mass is 9.80. The fourth-order valence-electron chi connectivity index (χ4n) is 3.01. The Kier molecular flexibility index (Phi) is 3.48. The minimum atomic E-state index is -0.412. The summed E-state index contributed by atoms with van der Waals surface area (Å²) in [5, 5.41) is 3.36. The van der Waals surface area contributed by atoms with Crippen molar-refractivity contribution in [1.82, 2.24) is 5.32 Å². The molecule has 1 N–H and O–H groups in total. The lowest BCUT2D eigenvalue weighted by Crippen LogP contribution is -2.29. The zero-order valence-corrected chi connectivity index (χ0v) is 10.4. The third-order valence-electron chi connectivity index (χ3n) is 3.80. The van der Waals surface area contributed by atoms with E-state index in [2.05, 4.69) is 12.2 Å². The van der Waals surface area contributed by atoms with Gasteiger partial charge < -0.3 is 5.32 Å². The van der Waals surface area contributed by atoms with Crippen LogP contribution in [0, 0.1) is 11.6 Å². The highest BCUT2D eigenvalue weighted by Crippen LogP contribution is 2.42. The quantitative estimate of drug-likeness (QED) is 0.852. The Labute approximate surface area is 101 Å². The third-order valence-corrected chi connectivity index (χ3v) is 3.80. The topological polar surface area (TPSA) is 12.0 Å². The van der Waals surface area contributed by atoms with Crippen LogP contribution in [0.4, 0.5) is 8.78 Å². The number of rotatable bonds is 3. The van der Waals surface area contributed by atoms with Gasteiger partial charge in [0.2, 0.25) is 0 Å². The first kappa shape index (κ1) is 12.5. The molecule has 0 heterocycles. The average molecular weight is 239 g/mol. The highest BCUT2D eigenvalue weighted by atomic mass is 19.1. The Morgan fingerprint density at radius 2 is 2.00 bits per heavy atom.